The standard InChI is InChI=1S/C14H25N5O/c1-5-8-11-17-13(15)10(4)14(18-11)19(7-3)9-12(20)16-6-2/h5-9H2,1-4H3,(H,16,20)(H2,15,17,18). The van der Waals surface area contributed by atoms with E-state index in [1.54, 1.807) is 0 Å². The monoisotopic (exact) mass is 279 g/mol. The van der Waals surface area contributed by atoms with E-state index < -0.39 is 0 Å². The first-order valence-corrected chi connectivity index (χ1v) is 7.18. The van der Waals surface area contributed by atoms with E-state index in [1.165, 1.54) is 0 Å². The molecular formula is C14H25N5O. The van der Waals surface area contributed by atoms with Crippen molar-refractivity contribution in [3.8, 4) is 0 Å². The number of amides is 1. The fourth-order valence-corrected chi connectivity index (χ4v) is 1.97. The molecular weight excluding hydrogens is 254 g/mol. The Labute approximate surface area is 120 Å². The van der Waals surface area contributed by atoms with Gasteiger partial charge in [-0.15, -0.1) is 0 Å². The average molecular weight is 279 g/mol. The van der Waals surface area contributed by atoms with Gasteiger partial charge in [0.05, 0.1) is 6.54 Å². The lowest BCUT2D eigenvalue weighted by molar-refractivity contribution is -0.119. The second-order valence-electron chi connectivity index (χ2n) is 4.69. The number of aryl methyl sites for hydroxylation is 1. The van der Waals surface area contributed by atoms with Crippen molar-refractivity contribution >= 4 is 17.5 Å². The van der Waals surface area contributed by atoms with E-state index in [-0.39, 0.29) is 12.5 Å². The molecule has 0 spiro atoms. The smallest absolute Gasteiger partial charge is 0.239 e. The summed E-state index contributed by atoms with van der Waals surface area (Å²) in [7, 11) is 0. The molecule has 0 saturated carbocycles. The van der Waals surface area contributed by atoms with E-state index >= 15 is 0 Å². The molecule has 112 valence electrons. The van der Waals surface area contributed by atoms with Crippen LogP contribution in [-0.4, -0.2) is 35.5 Å². The van der Waals surface area contributed by atoms with Crippen molar-refractivity contribution in [1.29, 1.82) is 0 Å². The molecule has 3 N–H and O–H groups in total. The van der Waals surface area contributed by atoms with Crippen LogP contribution in [0.2, 0.25) is 0 Å². The lowest BCUT2D eigenvalue weighted by atomic mass is 10.2. The Balaban J connectivity index is 3.03. The Bertz CT molecular complexity index is 461. The summed E-state index contributed by atoms with van der Waals surface area (Å²) in [4.78, 5) is 22.5. The first-order chi connectivity index (χ1) is 9.53. The third kappa shape index (κ3) is 4.08. The van der Waals surface area contributed by atoms with Crippen LogP contribution in [0.1, 0.15) is 38.6 Å². The van der Waals surface area contributed by atoms with E-state index in [0.29, 0.717) is 18.9 Å². The molecule has 0 aromatic carbocycles. The summed E-state index contributed by atoms with van der Waals surface area (Å²) in [5.74, 6) is 1.98. The van der Waals surface area contributed by atoms with Gasteiger partial charge in [0.25, 0.3) is 0 Å². The minimum atomic E-state index is -0.0111. The summed E-state index contributed by atoms with van der Waals surface area (Å²) in [6, 6.07) is 0. The van der Waals surface area contributed by atoms with E-state index in [2.05, 4.69) is 22.2 Å². The third-order valence-corrected chi connectivity index (χ3v) is 3.07. The third-order valence-electron chi connectivity index (χ3n) is 3.07. The van der Waals surface area contributed by atoms with Gasteiger partial charge in [-0.3, -0.25) is 4.79 Å². The predicted molar refractivity (Wildman–Crippen MR) is 81.7 cm³/mol. The van der Waals surface area contributed by atoms with Gasteiger partial charge in [-0.1, -0.05) is 6.92 Å². The van der Waals surface area contributed by atoms with Gasteiger partial charge in [0, 0.05) is 25.1 Å². The first-order valence-electron chi connectivity index (χ1n) is 7.18. The van der Waals surface area contributed by atoms with E-state index in [1.807, 2.05) is 25.7 Å². The lowest BCUT2D eigenvalue weighted by Gasteiger charge is -2.24. The maximum absolute atomic E-state index is 11.8. The normalized spacial score (nSPS) is 10.4. The van der Waals surface area contributed by atoms with Crippen LogP contribution in [0.15, 0.2) is 0 Å². The molecule has 20 heavy (non-hydrogen) atoms. The summed E-state index contributed by atoms with van der Waals surface area (Å²) >= 11 is 0. The van der Waals surface area contributed by atoms with Gasteiger partial charge in [-0.05, 0) is 27.2 Å². The fraction of sp³-hybridized carbons (Fsp3) is 0.643. The van der Waals surface area contributed by atoms with Crippen molar-refractivity contribution in [2.24, 2.45) is 0 Å². The Kier molecular flexibility index (Phi) is 6.21. The summed E-state index contributed by atoms with van der Waals surface area (Å²) < 4.78 is 0. The van der Waals surface area contributed by atoms with Crippen molar-refractivity contribution in [1.82, 2.24) is 15.3 Å². The number of rotatable bonds is 7. The first kappa shape index (κ1) is 16.2. The highest BCUT2D eigenvalue weighted by Crippen LogP contribution is 2.21. The number of nitrogens with two attached hydrogens (primary N) is 1. The molecule has 0 fully saturated rings. The van der Waals surface area contributed by atoms with Gasteiger partial charge in [0.2, 0.25) is 5.91 Å². The van der Waals surface area contributed by atoms with Gasteiger partial charge in [0.1, 0.15) is 17.5 Å². The van der Waals surface area contributed by atoms with Crippen molar-refractivity contribution in [2.75, 3.05) is 30.3 Å². The number of likely N-dealkylation sites (N-methyl/N-ethyl adjacent to an activating group) is 2. The summed E-state index contributed by atoms with van der Waals surface area (Å²) in [5.41, 5.74) is 6.79. The molecule has 6 nitrogen and oxygen atoms in total. The zero-order valence-electron chi connectivity index (χ0n) is 12.9. The lowest BCUT2D eigenvalue weighted by Crippen LogP contribution is -2.38. The van der Waals surface area contributed by atoms with Crippen molar-refractivity contribution in [2.45, 2.75) is 40.5 Å². The Morgan fingerprint density at radius 3 is 2.55 bits per heavy atom. The van der Waals surface area contributed by atoms with Crippen LogP contribution in [0, 0.1) is 6.92 Å². The van der Waals surface area contributed by atoms with Crippen LogP contribution in [-0.2, 0) is 11.2 Å². The average Bonchev–Trinajstić information content (AvgIpc) is 2.41. The molecule has 1 aromatic heterocycles. The maximum atomic E-state index is 11.8. The minimum absolute atomic E-state index is 0.0111. The minimum Gasteiger partial charge on any atom is -0.383 e. The molecule has 6 heteroatoms. The summed E-state index contributed by atoms with van der Waals surface area (Å²) in [6.45, 7) is 9.47. The molecule has 0 unspecified atom stereocenters. The molecule has 0 aliphatic carbocycles. The number of nitrogens with one attached hydrogen (secondary N) is 1. The molecule has 1 rings (SSSR count). The van der Waals surface area contributed by atoms with E-state index in [0.717, 1.165) is 30.0 Å². The SMILES string of the molecule is CCCc1nc(N)c(C)c(N(CC)CC(=O)NCC)n1. The topological polar surface area (TPSA) is 84.1 Å². The second kappa shape index (κ2) is 7.67. The Hall–Kier alpha value is -1.85. The molecule has 0 radical (unpaired) electrons. The number of hydrogen-bond acceptors (Lipinski definition) is 5. The summed E-state index contributed by atoms with van der Waals surface area (Å²) in [6.07, 6.45) is 1.75. The quantitative estimate of drug-likeness (QED) is 0.785. The molecule has 1 amide bonds. The number of carbonyl (C=O) groups excluding carboxylic acids is 1. The predicted octanol–water partition coefficient (Wildman–Crippen LogP) is 1.28. The fourth-order valence-electron chi connectivity index (χ4n) is 1.97. The number of hydrogen-bond donors (Lipinski definition) is 2. The number of anilines is 2. The summed E-state index contributed by atoms with van der Waals surface area (Å²) in [5, 5.41) is 2.80. The highest BCUT2D eigenvalue weighted by molar-refractivity contribution is 5.81. The van der Waals surface area contributed by atoms with E-state index in [9.17, 15) is 4.79 Å². The molecule has 0 atom stereocenters. The van der Waals surface area contributed by atoms with Crippen molar-refractivity contribution < 1.29 is 4.79 Å². The molecule has 1 aromatic rings. The highest BCUT2D eigenvalue weighted by Gasteiger charge is 2.16. The number of nitrogen functional groups attached to an aromatic ring is 1. The van der Waals surface area contributed by atoms with Crippen LogP contribution in [0.3, 0.4) is 0 Å². The molecule has 0 aliphatic heterocycles. The van der Waals surface area contributed by atoms with Gasteiger partial charge in [0.15, 0.2) is 0 Å². The molecule has 0 bridgehead atoms. The second-order valence-corrected chi connectivity index (χ2v) is 4.69. The highest BCUT2D eigenvalue weighted by atomic mass is 16.2. The van der Waals surface area contributed by atoms with Gasteiger partial charge < -0.3 is 16.0 Å². The maximum Gasteiger partial charge on any atom is 0.239 e. The van der Waals surface area contributed by atoms with Crippen LogP contribution in [0.5, 0.6) is 0 Å². The van der Waals surface area contributed by atoms with Crippen LogP contribution in [0.25, 0.3) is 0 Å². The van der Waals surface area contributed by atoms with Crippen molar-refractivity contribution in [3.63, 3.8) is 0 Å². The van der Waals surface area contributed by atoms with Gasteiger partial charge >= 0.3 is 0 Å². The molecule has 0 aliphatic rings. The number of aromatic nitrogens is 2. The zero-order chi connectivity index (χ0) is 15.1. The molecule has 1 heterocycles. The van der Waals surface area contributed by atoms with E-state index in [4.69, 9.17) is 5.73 Å². The van der Waals surface area contributed by atoms with Crippen molar-refractivity contribution in [3.05, 3.63) is 11.4 Å². The number of carbonyl (C=O) groups is 1. The Morgan fingerprint density at radius 1 is 1.30 bits per heavy atom. The van der Waals surface area contributed by atoms with Crippen LogP contribution in [0.4, 0.5) is 11.6 Å². The Morgan fingerprint density at radius 2 is 2.00 bits per heavy atom. The van der Waals surface area contributed by atoms with Crippen LogP contribution < -0.4 is 16.0 Å². The van der Waals surface area contributed by atoms with Gasteiger partial charge in [-0.25, -0.2) is 9.97 Å². The largest absolute Gasteiger partial charge is 0.383 e. The molecule has 0 saturated heterocycles. The zero-order valence-corrected chi connectivity index (χ0v) is 12.9. The van der Waals surface area contributed by atoms with Gasteiger partial charge in [-0.2, -0.15) is 0 Å². The van der Waals surface area contributed by atoms with Crippen LogP contribution >= 0.6 is 0 Å². The number of nitrogens with zero attached hydrogens (tertiary/aromatic N) is 3.